The van der Waals surface area contributed by atoms with E-state index >= 15 is 0 Å². The van der Waals surface area contributed by atoms with Crippen molar-refractivity contribution in [3.05, 3.63) is 34.6 Å². The lowest BCUT2D eigenvalue weighted by atomic mass is 10.0. The molecular weight excluding hydrogens is 205 g/mol. The fourth-order valence-corrected chi connectivity index (χ4v) is 1.51. The smallest absolute Gasteiger partial charge is 0.130 e. The predicted octanol–water partition coefficient (Wildman–Crippen LogP) is 2.25. The molecule has 3 N–H and O–H groups in total. The molecule has 0 aliphatic rings. The van der Waals surface area contributed by atoms with Crippen molar-refractivity contribution in [1.82, 2.24) is 0 Å². The lowest BCUT2D eigenvalue weighted by Crippen LogP contribution is -2.28. The highest BCUT2D eigenvalue weighted by molar-refractivity contribution is 6.31. The molecule has 0 bridgehead atoms. The van der Waals surface area contributed by atoms with Gasteiger partial charge in [-0.2, -0.15) is 0 Å². The second-order valence-corrected chi connectivity index (χ2v) is 3.56. The van der Waals surface area contributed by atoms with Gasteiger partial charge in [-0.15, -0.1) is 0 Å². The van der Waals surface area contributed by atoms with Gasteiger partial charge in [0.2, 0.25) is 0 Å². The zero-order valence-corrected chi connectivity index (χ0v) is 8.63. The van der Waals surface area contributed by atoms with Gasteiger partial charge in [-0.25, -0.2) is 4.39 Å². The van der Waals surface area contributed by atoms with E-state index in [1.165, 1.54) is 18.2 Å². The van der Waals surface area contributed by atoms with Crippen molar-refractivity contribution in [2.75, 3.05) is 0 Å². The predicted molar refractivity (Wildman–Crippen MR) is 54.6 cm³/mol. The summed E-state index contributed by atoms with van der Waals surface area (Å²) < 4.78 is 13.3. The van der Waals surface area contributed by atoms with Crippen LogP contribution in [0.15, 0.2) is 18.2 Å². The minimum absolute atomic E-state index is 0.0866. The fraction of sp³-hybridized carbons (Fsp3) is 0.400. The molecule has 0 aromatic heterocycles. The Labute approximate surface area is 87.5 Å². The van der Waals surface area contributed by atoms with Crippen LogP contribution in [0.3, 0.4) is 0 Å². The van der Waals surface area contributed by atoms with E-state index in [2.05, 4.69) is 0 Å². The molecule has 0 spiro atoms. The number of hydrogen-bond donors (Lipinski definition) is 2. The molecule has 78 valence electrons. The minimum atomic E-state index is -1.05. The maximum Gasteiger partial charge on any atom is 0.130 e. The first-order chi connectivity index (χ1) is 6.57. The van der Waals surface area contributed by atoms with Crippen LogP contribution in [0.2, 0.25) is 5.02 Å². The van der Waals surface area contributed by atoms with Gasteiger partial charge >= 0.3 is 0 Å². The minimum Gasteiger partial charge on any atom is -0.387 e. The van der Waals surface area contributed by atoms with E-state index in [-0.39, 0.29) is 10.6 Å². The van der Waals surface area contributed by atoms with Crippen LogP contribution in [0.25, 0.3) is 0 Å². The molecule has 1 aromatic carbocycles. The first-order valence-electron chi connectivity index (χ1n) is 4.45. The van der Waals surface area contributed by atoms with Gasteiger partial charge in [0.05, 0.1) is 6.10 Å². The average Bonchev–Trinajstić information content (AvgIpc) is 2.16. The second-order valence-electron chi connectivity index (χ2n) is 3.15. The second kappa shape index (κ2) is 4.73. The number of nitrogens with two attached hydrogens (primary N) is 1. The highest BCUT2D eigenvalue weighted by atomic mass is 35.5. The van der Waals surface area contributed by atoms with Crippen molar-refractivity contribution in [2.24, 2.45) is 5.73 Å². The number of aliphatic hydroxyl groups excluding tert-OH is 1. The number of rotatable bonds is 3. The van der Waals surface area contributed by atoms with Crippen LogP contribution in [-0.2, 0) is 0 Å². The number of aliphatic hydroxyl groups is 1. The van der Waals surface area contributed by atoms with Gasteiger partial charge in [-0.1, -0.05) is 24.6 Å². The van der Waals surface area contributed by atoms with E-state index in [4.69, 9.17) is 17.3 Å². The summed E-state index contributed by atoms with van der Waals surface area (Å²) in [5, 5.41) is 9.91. The van der Waals surface area contributed by atoms with E-state index in [9.17, 15) is 9.50 Å². The van der Waals surface area contributed by atoms with Gasteiger partial charge in [0.1, 0.15) is 5.82 Å². The van der Waals surface area contributed by atoms with Crippen LogP contribution >= 0.6 is 11.6 Å². The Morgan fingerprint density at radius 2 is 2.21 bits per heavy atom. The molecule has 2 atom stereocenters. The number of halogens is 2. The lowest BCUT2D eigenvalue weighted by molar-refractivity contribution is 0.140. The molecule has 4 heteroatoms. The molecule has 1 rings (SSSR count). The van der Waals surface area contributed by atoms with Gasteiger partial charge in [0, 0.05) is 16.6 Å². The third kappa shape index (κ3) is 2.23. The van der Waals surface area contributed by atoms with Crippen molar-refractivity contribution in [3.63, 3.8) is 0 Å². The van der Waals surface area contributed by atoms with Crippen molar-refractivity contribution >= 4 is 11.6 Å². The Hall–Kier alpha value is -0.640. The maximum absolute atomic E-state index is 13.3. The summed E-state index contributed by atoms with van der Waals surface area (Å²) >= 11 is 5.77. The van der Waals surface area contributed by atoms with Crippen LogP contribution in [0.1, 0.15) is 25.0 Å². The molecule has 0 radical (unpaired) electrons. The number of benzene rings is 1. The fourth-order valence-electron chi connectivity index (χ4n) is 1.23. The Bertz CT molecular complexity index is 299. The summed E-state index contributed by atoms with van der Waals surface area (Å²) in [7, 11) is 0. The molecule has 0 heterocycles. The quantitative estimate of drug-likeness (QED) is 0.816. The first kappa shape index (κ1) is 11.4. The monoisotopic (exact) mass is 217 g/mol. The SMILES string of the molecule is CCC(N)C(O)c1c(F)cccc1Cl. The maximum atomic E-state index is 13.3. The van der Waals surface area contributed by atoms with Crippen LogP contribution < -0.4 is 5.73 Å². The highest BCUT2D eigenvalue weighted by Crippen LogP contribution is 2.27. The van der Waals surface area contributed by atoms with E-state index in [0.717, 1.165) is 0 Å². The molecule has 14 heavy (non-hydrogen) atoms. The summed E-state index contributed by atoms with van der Waals surface area (Å²) in [4.78, 5) is 0. The Morgan fingerprint density at radius 1 is 1.57 bits per heavy atom. The van der Waals surface area contributed by atoms with E-state index in [0.29, 0.717) is 6.42 Å². The van der Waals surface area contributed by atoms with Gasteiger partial charge in [0.15, 0.2) is 0 Å². The standard InChI is InChI=1S/C10H13ClFNO/c1-2-8(13)10(14)9-6(11)4-3-5-7(9)12/h3-5,8,10,14H,2,13H2,1H3. The molecule has 0 saturated carbocycles. The molecule has 0 fully saturated rings. The summed E-state index contributed by atoms with van der Waals surface area (Å²) in [5.41, 5.74) is 5.70. The third-order valence-corrected chi connectivity index (χ3v) is 2.50. The van der Waals surface area contributed by atoms with Crippen LogP contribution in [0.5, 0.6) is 0 Å². The molecule has 0 amide bonds. The highest BCUT2D eigenvalue weighted by Gasteiger charge is 2.21. The lowest BCUT2D eigenvalue weighted by Gasteiger charge is -2.19. The van der Waals surface area contributed by atoms with Crippen molar-refractivity contribution in [3.8, 4) is 0 Å². The van der Waals surface area contributed by atoms with Gasteiger partial charge < -0.3 is 10.8 Å². The van der Waals surface area contributed by atoms with E-state index in [1.54, 1.807) is 0 Å². The summed E-state index contributed by atoms with van der Waals surface area (Å²) in [6.07, 6.45) is -0.486. The van der Waals surface area contributed by atoms with Crippen LogP contribution in [0, 0.1) is 5.82 Å². The topological polar surface area (TPSA) is 46.2 Å². The zero-order chi connectivity index (χ0) is 10.7. The zero-order valence-electron chi connectivity index (χ0n) is 7.87. The Balaban J connectivity index is 3.05. The largest absolute Gasteiger partial charge is 0.387 e. The van der Waals surface area contributed by atoms with E-state index < -0.39 is 18.0 Å². The molecule has 0 aliphatic heterocycles. The summed E-state index contributed by atoms with van der Waals surface area (Å²) in [6, 6.07) is 3.79. The Kier molecular flexibility index (Phi) is 3.86. The van der Waals surface area contributed by atoms with Crippen molar-refractivity contribution < 1.29 is 9.50 Å². The molecule has 2 nitrogen and oxygen atoms in total. The molecule has 0 saturated heterocycles. The van der Waals surface area contributed by atoms with Gasteiger partial charge in [-0.3, -0.25) is 0 Å². The van der Waals surface area contributed by atoms with Crippen molar-refractivity contribution in [1.29, 1.82) is 0 Å². The van der Waals surface area contributed by atoms with E-state index in [1.807, 2.05) is 6.92 Å². The molecular formula is C10H13ClFNO. The summed E-state index contributed by atoms with van der Waals surface area (Å²) in [6.45, 7) is 1.82. The van der Waals surface area contributed by atoms with Gasteiger partial charge in [0.25, 0.3) is 0 Å². The Morgan fingerprint density at radius 3 is 2.71 bits per heavy atom. The molecule has 1 aromatic rings. The molecule has 0 aliphatic carbocycles. The first-order valence-corrected chi connectivity index (χ1v) is 4.83. The summed E-state index contributed by atoms with van der Waals surface area (Å²) in [5.74, 6) is -0.520. The third-order valence-electron chi connectivity index (χ3n) is 2.17. The van der Waals surface area contributed by atoms with Crippen molar-refractivity contribution in [2.45, 2.75) is 25.5 Å². The average molecular weight is 218 g/mol. The molecule has 2 unspecified atom stereocenters. The number of hydrogen-bond acceptors (Lipinski definition) is 2. The normalized spacial score (nSPS) is 15.2. The van der Waals surface area contributed by atoms with Crippen LogP contribution in [0.4, 0.5) is 4.39 Å². The van der Waals surface area contributed by atoms with Gasteiger partial charge in [-0.05, 0) is 18.6 Å². The van der Waals surface area contributed by atoms with Crippen LogP contribution in [-0.4, -0.2) is 11.1 Å².